The Kier molecular flexibility index (Phi) is 4.68. The van der Waals surface area contributed by atoms with Gasteiger partial charge < -0.3 is 5.32 Å². The zero-order valence-corrected chi connectivity index (χ0v) is 15.4. The summed E-state index contributed by atoms with van der Waals surface area (Å²) in [7, 11) is 0. The summed E-state index contributed by atoms with van der Waals surface area (Å²) in [6.07, 6.45) is 2.14. The molecule has 1 saturated carbocycles. The number of benzene rings is 1. The number of aromatic nitrogens is 2. The molecule has 4 nitrogen and oxygen atoms in total. The fourth-order valence-corrected chi connectivity index (χ4v) is 3.09. The Morgan fingerprint density at radius 2 is 1.96 bits per heavy atom. The molecule has 1 N–H and O–H groups in total. The molecule has 3 rings (SSSR count). The van der Waals surface area contributed by atoms with Crippen LogP contribution in [0.2, 0.25) is 5.02 Å². The normalized spacial score (nSPS) is 14.5. The van der Waals surface area contributed by atoms with E-state index in [0.717, 1.165) is 35.5 Å². The first kappa shape index (κ1) is 17.0. The lowest BCUT2D eigenvalue weighted by molar-refractivity contribution is 0.0948. The maximum atomic E-state index is 12.9. The van der Waals surface area contributed by atoms with Gasteiger partial charge in [0.1, 0.15) is 0 Å². The molecule has 1 fully saturated rings. The third-order valence-electron chi connectivity index (χ3n) is 4.23. The van der Waals surface area contributed by atoms with Crippen molar-refractivity contribution in [3.8, 4) is 5.69 Å². The molecular formula is C19H24ClN3O. The molecule has 2 aromatic rings. The number of carbonyl (C=O) groups is 1. The van der Waals surface area contributed by atoms with Crippen LogP contribution >= 0.6 is 11.6 Å². The maximum absolute atomic E-state index is 12.9. The van der Waals surface area contributed by atoms with Crippen molar-refractivity contribution in [1.82, 2.24) is 15.1 Å². The van der Waals surface area contributed by atoms with E-state index in [0.29, 0.717) is 11.1 Å². The van der Waals surface area contributed by atoms with Crippen LogP contribution in [0.25, 0.3) is 5.69 Å². The van der Waals surface area contributed by atoms with Gasteiger partial charge in [-0.25, -0.2) is 4.68 Å². The summed E-state index contributed by atoms with van der Waals surface area (Å²) < 4.78 is 1.88. The van der Waals surface area contributed by atoms with E-state index in [1.165, 1.54) is 0 Å². The molecule has 1 amide bonds. The smallest absolute Gasteiger partial charge is 0.255 e. The van der Waals surface area contributed by atoms with Gasteiger partial charge in [-0.3, -0.25) is 4.79 Å². The number of carbonyl (C=O) groups excluding carboxylic acids is 1. The summed E-state index contributed by atoms with van der Waals surface area (Å²) in [5.41, 5.74) is 3.40. The Morgan fingerprint density at radius 3 is 2.50 bits per heavy atom. The topological polar surface area (TPSA) is 46.9 Å². The molecule has 1 aromatic heterocycles. The minimum atomic E-state index is -0.00169. The second kappa shape index (κ2) is 6.60. The van der Waals surface area contributed by atoms with E-state index in [1.54, 1.807) is 0 Å². The fraction of sp³-hybridized carbons (Fsp3) is 0.474. The minimum Gasteiger partial charge on any atom is -0.349 e. The fourth-order valence-electron chi connectivity index (χ4n) is 2.91. The van der Waals surface area contributed by atoms with E-state index < -0.39 is 0 Å². The van der Waals surface area contributed by atoms with Gasteiger partial charge in [0.25, 0.3) is 5.91 Å². The number of nitrogens with zero attached hydrogens (tertiary/aromatic N) is 2. The molecule has 5 heteroatoms. The molecule has 0 bridgehead atoms. The molecule has 1 aliphatic carbocycles. The van der Waals surface area contributed by atoms with Crippen LogP contribution in [0.1, 0.15) is 74.1 Å². The molecular weight excluding hydrogens is 322 g/mol. The van der Waals surface area contributed by atoms with E-state index in [2.05, 4.69) is 33.0 Å². The Hall–Kier alpha value is -1.81. The SMILES string of the molecule is CC(C)c1nn(-c2cccc(Cl)c2)c(C(C)C)c1C(=O)NC1CC1. The van der Waals surface area contributed by atoms with Crippen molar-refractivity contribution >= 4 is 17.5 Å². The second-order valence-electron chi connectivity index (χ2n) is 7.09. The molecule has 0 saturated heterocycles. The number of nitrogens with one attached hydrogen (secondary N) is 1. The first-order valence-corrected chi connectivity index (χ1v) is 8.96. The van der Waals surface area contributed by atoms with Crippen LogP contribution in [0.5, 0.6) is 0 Å². The zero-order valence-electron chi connectivity index (χ0n) is 14.6. The average molecular weight is 346 g/mol. The van der Waals surface area contributed by atoms with Crippen molar-refractivity contribution < 1.29 is 4.79 Å². The largest absolute Gasteiger partial charge is 0.349 e. The Labute approximate surface area is 148 Å². The highest BCUT2D eigenvalue weighted by molar-refractivity contribution is 6.30. The predicted molar refractivity (Wildman–Crippen MR) is 97.2 cm³/mol. The summed E-state index contributed by atoms with van der Waals surface area (Å²) in [5, 5.41) is 8.57. The highest BCUT2D eigenvalue weighted by Crippen LogP contribution is 2.31. The first-order valence-electron chi connectivity index (χ1n) is 8.58. The molecule has 128 valence electrons. The number of amides is 1. The van der Waals surface area contributed by atoms with Gasteiger partial charge in [-0.15, -0.1) is 0 Å². The second-order valence-corrected chi connectivity index (χ2v) is 7.53. The van der Waals surface area contributed by atoms with Crippen LogP contribution in [0.4, 0.5) is 0 Å². The Bertz CT molecular complexity index is 760. The van der Waals surface area contributed by atoms with Crippen LogP contribution in [0.3, 0.4) is 0 Å². The van der Waals surface area contributed by atoms with Crippen LogP contribution in [-0.4, -0.2) is 21.7 Å². The summed E-state index contributed by atoms with van der Waals surface area (Å²) in [6, 6.07) is 7.92. The molecule has 0 aliphatic heterocycles. The highest BCUT2D eigenvalue weighted by Gasteiger charge is 2.31. The van der Waals surface area contributed by atoms with Crippen molar-refractivity contribution in [2.24, 2.45) is 0 Å². The Balaban J connectivity index is 2.16. The molecule has 1 heterocycles. The van der Waals surface area contributed by atoms with E-state index in [1.807, 2.05) is 28.9 Å². The van der Waals surface area contributed by atoms with E-state index in [-0.39, 0.29) is 17.7 Å². The van der Waals surface area contributed by atoms with Gasteiger partial charge in [-0.1, -0.05) is 45.4 Å². The number of halogens is 1. The first-order chi connectivity index (χ1) is 11.4. The van der Waals surface area contributed by atoms with Crippen molar-refractivity contribution in [3.63, 3.8) is 0 Å². The van der Waals surface area contributed by atoms with Crippen molar-refractivity contribution in [2.45, 2.75) is 58.4 Å². The quantitative estimate of drug-likeness (QED) is 0.856. The number of rotatable bonds is 5. The van der Waals surface area contributed by atoms with Gasteiger partial charge in [0.2, 0.25) is 0 Å². The average Bonchev–Trinajstić information content (AvgIpc) is 3.22. The third-order valence-corrected chi connectivity index (χ3v) is 4.47. The van der Waals surface area contributed by atoms with Crippen LogP contribution in [0, 0.1) is 0 Å². The summed E-state index contributed by atoms with van der Waals surface area (Å²) in [5.74, 6) is 0.338. The van der Waals surface area contributed by atoms with Gasteiger partial charge in [-0.2, -0.15) is 5.10 Å². The molecule has 0 unspecified atom stereocenters. The summed E-state index contributed by atoms with van der Waals surface area (Å²) in [6.45, 7) is 8.33. The van der Waals surface area contributed by atoms with Gasteiger partial charge in [-0.05, 0) is 42.9 Å². The lowest BCUT2D eigenvalue weighted by Gasteiger charge is -2.13. The van der Waals surface area contributed by atoms with Crippen LogP contribution < -0.4 is 5.32 Å². The highest BCUT2D eigenvalue weighted by atomic mass is 35.5. The summed E-state index contributed by atoms with van der Waals surface area (Å²) >= 11 is 6.16. The number of hydrogen-bond donors (Lipinski definition) is 1. The van der Waals surface area contributed by atoms with Gasteiger partial charge in [0.15, 0.2) is 0 Å². The van der Waals surface area contributed by atoms with Crippen LogP contribution in [0.15, 0.2) is 24.3 Å². The molecule has 24 heavy (non-hydrogen) atoms. The number of hydrogen-bond acceptors (Lipinski definition) is 2. The Morgan fingerprint density at radius 1 is 1.25 bits per heavy atom. The van der Waals surface area contributed by atoms with Gasteiger partial charge in [0.05, 0.1) is 22.6 Å². The van der Waals surface area contributed by atoms with Gasteiger partial charge >= 0.3 is 0 Å². The molecule has 1 aliphatic rings. The third kappa shape index (κ3) is 3.34. The standard InChI is InChI=1S/C19H24ClN3O/c1-11(2)17-16(19(24)21-14-8-9-14)18(12(3)4)23(22-17)15-7-5-6-13(20)10-15/h5-7,10-12,14H,8-9H2,1-4H3,(H,21,24). The molecule has 0 radical (unpaired) electrons. The molecule has 0 atom stereocenters. The zero-order chi connectivity index (χ0) is 17.4. The molecule has 0 spiro atoms. The summed E-state index contributed by atoms with van der Waals surface area (Å²) in [4.78, 5) is 12.9. The molecule has 1 aromatic carbocycles. The van der Waals surface area contributed by atoms with Crippen molar-refractivity contribution in [2.75, 3.05) is 0 Å². The minimum absolute atomic E-state index is 0.00169. The maximum Gasteiger partial charge on any atom is 0.255 e. The monoisotopic (exact) mass is 345 g/mol. The van der Waals surface area contributed by atoms with E-state index >= 15 is 0 Å². The van der Waals surface area contributed by atoms with Crippen molar-refractivity contribution in [3.05, 3.63) is 46.2 Å². The predicted octanol–water partition coefficient (Wildman–Crippen LogP) is 4.66. The van der Waals surface area contributed by atoms with Gasteiger partial charge in [0, 0.05) is 11.1 Å². The van der Waals surface area contributed by atoms with E-state index in [4.69, 9.17) is 16.7 Å². The lowest BCUT2D eigenvalue weighted by atomic mass is 9.98. The van der Waals surface area contributed by atoms with Crippen LogP contribution in [-0.2, 0) is 0 Å². The lowest BCUT2D eigenvalue weighted by Crippen LogP contribution is -2.27. The van der Waals surface area contributed by atoms with Crippen molar-refractivity contribution in [1.29, 1.82) is 0 Å². The van der Waals surface area contributed by atoms with E-state index in [9.17, 15) is 4.79 Å².